The Morgan fingerprint density at radius 1 is 1.06 bits per heavy atom. The lowest BCUT2D eigenvalue weighted by Crippen LogP contribution is -2.04. The first kappa shape index (κ1) is 12.6. The highest BCUT2D eigenvalue weighted by Crippen LogP contribution is 2.18. The maximum Gasteiger partial charge on any atom is 0.163 e. The molecule has 1 nitrogen and oxygen atoms in total. The fourth-order valence-electron chi connectivity index (χ4n) is 1.89. The van der Waals surface area contributed by atoms with Crippen molar-refractivity contribution < 1.29 is 8.78 Å². The zero-order valence-corrected chi connectivity index (χ0v) is 10.4. The highest BCUT2D eigenvalue weighted by atomic mass is 19.2. The summed E-state index contributed by atoms with van der Waals surface area (Å²) in [6.07, 6.45) is 0. The third-order valence-electron chi connectivity index (χ3n) is 2.88. The fourth-order valence-corrected chi connectivity index (χ4v) is 1.89. The predicted molar refractivity (Wildman–Crippen MR) is 69.6 cm³/mol. The van der Waals surface area contributed by atoms with Crippen LogP contribution < -0.4 is 5.32 Å². The van der Waals surface area contributed by atoms with Crippen LogP contribution in [0, 0.1) is 25.5 Å². The largest absolute Gasteiger partial charge is 0.381 e. The van der Waals surface area contributed by atoms with Crippen molar-refractivity contribution in [2.45, 2.75) is 20.4 Å². The lowest BCUT2D eigenvalue weighted by Gasteiger charge is -2.11. The maximum atomic E-state index is 13.5. The Labute approximate surface area is 105 Å². The minimum Gasteiger partial charge on any atom is -0.381 e. The fraction of sp³-hybridized carbons (Fsp3) is 0.200. The lowest BCUT2D eigenvalue weighted by molar-refractivity contribution is 0.500. The number of aryl methyl sites for hydroxylation is 2. The monoisotopic (exact) mass is 247 g/mol. The number of hydrogen-bond donors (Lipinski definition) is 1. The molecule has 94 valence electrons. The standard InChI is InChI=1S/C15H15F2N/c1-10-6-7-14(11(2)8-10)18-9-12-4-3-5-13(16)15(12)17/h3-8,18H,9H2,1-2H3. The average Bonchev–Trinajstić information content (AvgIpc) is 2.33. The zero-order chi connectivity index (χ0) is 13.1. The molecule has 0 amide bonds. The number of benzene rings is 2. The van der Waals surface area contributed by atoms with E-state index in [1.165, 1.54) is 11.6 Å². The van der Waals surface area contributed by atoms with Crippen molar-refractivity contribution in [3.63, 3.8) is 0 Å². The molecule has 0 bridgehead atoms. The zero-order valence-electron chi connectivity index (χ0n) is 10.4. The van der Waals surface area contributed by atoms with E-state index in [-0.39, 0.29) is 6.54 Å². The molecule has 0 heterocycles. The van der Waals surface area contributed by atoms with Gasteiger partial charge < -0.3 is 5.32 Å². The van der Waals surface area contributed by atoms with Gasteiger partial charge in [-0.25, -0.2) is 8.78 Å². The molecule has 18 heavy (non-hydrogen) atoms. The van der Waals surface area contributed by atoms with E-state index in [1.54, 1.807) is 6.07 Å². The molecule has 3 heteroatoms. The molecule has 2 rings (SSSR count). The molecule has 0 radical (unpaired) electrons. The summed E-state index contributed by atoms with van der Waals surface area (Å²) in [5.41, 5.74) is 3.53. The van der Waals surface area contributed by atoms with Gasteiger partial charge in [-0.2, -0.15) is 0 Å². The number of nitrogens with one attached hydrogen (secondary N) is 1. The SMILES string of the molecule is Cc1ccc(NCc2cccc(F)c2F)c(C)c1. The second-order valence-electron chi connectivity index (χ2n) is 4.38. The molecule has 2 aromatic rings. The van der Waals surface area contributed by atoms with Gasteiger partial charge in [-0.15, -0.1) is 0 Å². The van der Waals surface area contributed by atoms with E-state index in [0.29, 0.717) is 5.56 Å². The summed E-state index contributed by atoms with van der Waals surface area (Å²) >= 11 is 0. The van der Waals surface area contributed by atoms with Crippen LogP contribution in [0.2, 0.25) is 0 Å². The summed E-state index contributed by atoms with van der Waals surface area (Å²) in [6, 6.07) is 10.2. The molecular formula is C15H15F2N. The first-order chi connectivity index (χ1) is 8.58. The van der Waals surface area contributed by atoms with Crippen LogP contribution in [0.3, 0.4) is 0 Å². The summed E-state index contributed by atoms with van der Waals surface area (Å²) in [5.74, 6) is -1.59. The van der Waals surface area contributed by atoms with Crippen LogP contribution in [0.15, 0.2) is 36.4 Å². The molecule has 0 saturated heterocycles. The average molecular weight is 247 g/mol. The van der Waals surface area contributed by atoms with E-state index in [9.17, 15) is 8.78 Å². The minimum absolute atomic E-state index is 0.271. The normalized spacial score (nSPS) is 10.4. The van der Waals surface area contributed by atoms with Gasteiger partial charge in [0.05, 0.1) is 0 Å². The second-order valence-corrected chi connectivity index (χ2v) is 4.38. The number of hydrogen-bond acceptors (Lipinski definition) is 1. The van der Waals surface area contributed by atoms with Crippen molar-refractivity contribution in [1.82, 2.24) is 0 Å². The summed E-state index contributed by atoms with van der Waals surface area (Å²) in [7, 11) is 0. The smallest absolute Gasteiger partial charge is 0.163 e. The van der Waals surface area contributed by atoms with E-state index in [2.05, 4.69) is 5.32 Å². The molecule has 0 unspecified atom stereocenters. The maximum absolute atomic E-state index is 13.5. The highest BCUT2D eigenvalue weighted by molar-refractivity contribution is 5.52. The van der Waals surface area contributed by atoms with Gasteiger partial charge in [0.25, 0.3) is 0 Å². The van der Waals surface area contributed by atoms with E-state index in [4.69, 9.17) is 0 Å². The molecule has 0 spiro atoms. The molecule has 0 aliphatic rings. The molecule has 0 fully saturated rings. The Balaban J connectivity index is 2.14. The van der Waals surface area contributed by atoms with Gasteiger partial charge in [-0.3, -0.25) is 0 Å². The van der Waals surface area contributed by atoms with Crippen LogP contribution in [-0.2, 0) is 6.54 Å². The molecule has 0 saturated carbocycles. The van der Waals surface area contributed by atoms with Crippen LogP contribution in [0.25, 0.3) is 0 Å². The topological polar surface area (TPSA) is 12.0 Å². The van der Waals surface area contributed by atoms with E-state index in [0.717, 1.165) is 17.3 Å². The third kappa shape index (κ3) is 2.67. The summed E-state index contributed by atoms with van der Waals surface area (Å²) in [6.45, 7) is 4.27. The quantitative estimate of drug-likeness (QED) is 0.857. The summed E-state index contributed by atoms with van der Waals surface area (Å²) in [5, 5.41) is 3.12. The Hall–Kier alpha value is -1.90. The van der Waals surface area contributed by atoms with Crippen molar-refractivity contribution in [2.75, 3.05) is 5.32 Å². The number of rotatable bonds is 3. The van der Waals surface area contributed by atoms with Gasteiger partial charge in [0.1, 0.15) is 0 Å². The molecule has 0 atom stereocenters. The third-order valence-corrected chi connectivity index (χ3v) is 2.88. The summed E-state index contributed by atoms with van der Waals surface area (Å²) < 4.78 is 26.5. The molecule has 0 aliphatic carbocycles. The van der Waals surface area contributed by atoms with Crippen LogP contribution in [0.5, 0.6) is 0 Å². The van der Waals surface area contributed by atoms with Crippen LogP contribution >= 0.6 is 0 Å². The van der Waals surface area contributed by atoms with Gasteiger partial charge in [0.2, 0.25) is 0 Å². The Morgan fingerprint density at radius 2 is 1.83 bits per heavy atom. The number of halogens is 2. The van der Waals surface area contributed by atoms with E-state index >= 15 is 0 Å². The van der Waals surface area contributed by atoms with Crippen molar-refractivity contribution >= 4 is 5.69 Å². The van der Waals surface area contributed by atoms with Crippen LogP contribution in [-0.4, -0.2) is 0 Å². The second kappa shape index (κ2) is 5.17. The van der Waals surface area contributed by atoms with E-state index in [1.807, 2.05) is 32.0 Å². The van der Waals surface area contributed by atoms with Crippen LogP contribution in [0.1, 0.15) is 16.7 Å². The van der Waals surface area contributed by atoms with Gasteiger partial charge in [-0.05, 0) is 31.5 Å². The summed E-state index contributed by atoms with van der Waals surface area (Å²) in [4.78, 5) is 0. The van der Waals surface area contributed by atoms with Crippen molar-refractivity contribution in [1.29, 1.82) is 0 Å². The van der Waals surface area contributed by atoms with Crippen molar-refractivity contribution in [3.05, 3.63) is 64.7 Å². The van der Waals surface area contributed by atoms with Gasteiger partial charge in [-0.1, -0.05) is 29.8 Å². The molecule has 2 aromatic carbocycles. The van der Waals surface area contributed by atoms with Gasteiger partial charge >= 0.3 is 0 Å². The highest BCUT2D eigenvalue weighted by Gasteiger charge is 2.07. The molecule has 1 N–H and O–H groups in total. The van der Waals surface area contributed by atoms with Crippen molar-refractivity contribution in [2.24, 2.45) is 0 Å². The molecule has 0 aromatic heterocycles. The van der Waals surface area contributed by atoms with Gasteiger partial charge in [0.15, 0.2) is 11.6 Å². The Kier molecular flexibility index (Phi) is 3.60. The van der Waals surface area contributed by atoms with E-state index < -0.39 is 11.6 Å². The lowest BCUT2D eigenvalue weighted by atomic mass is 10.1. The molecular weight excluding hydrogens is 232 g/mol. The Bertz CT molecular complexity index is 564. The molecule has 0 aliphatic heterocycles. The van der Waals surface area contributed by atoms with Gasteiger partial charge in [0, 0.05) is 17.8 Å². The Morgan fingerprint density at radius 3 is 2.56 bits per heavy atom. The minimum atomic E-state index is -0.810. The first-order valence-corrected chi connectivity index (χ1v) is 5.82. The van der Waals surface area contributed by atoms with Crippen molar-refractivity contribution in [3.8, 4) is 0 Å². The predicted octanol–water partition coefficient (Wildman–Crippen LogP) is 4.19. The number of anilines is 1. The first-order valence-electron chi connectivity index (χ1n) is 5.82. The van der Waals surface area contributed by atoms with Crippen LogP contribution in [0.4, 0.5) is 14.5 Å².